The number of fused-ring (bicyclic) bond motifs is 1. The van der Waals surface area contributed by atoms with Crippen LogP contribution in [-0.4, -0.2) is 58.5 Å². The van der Waals surface area contributed by atoms with Crippen LogP contribution >= 0.6 is 0 Å². The maximum atomic E-state index is 12.3. The fourth-order valence-corrected chi connectivity index (χ4v) is 5.19. The lowest BCUT2D eigenvalue weighted by atomic mass is 9.73. The van der Waals surface area contributed by atoms with Crippen molar-refractivity contribution in [1.29, 1.82) is 0 Å². The van der Waals surface area contributed by atoms with E-state index in [4.69, 9.17) is 4.74 Å². The van der Waals surface area contributed by atoms with E-state index < -0.39 is 0 Å². The van der Waals surface area contributed by atoms with E-state index in [1.807, 2.05) is 12.3 Å². The fraction of sp³-hybridized carbons (Fsp3) is 0.810. The van der Waals surface area contributed by atoms with Gasteiger partial charge in [0.1, 0.15) is 0 Å². The first-order valence-electron chi connectivity index (χ1n) is 10.5. The molecule has 1 amide bonds. The molecule has 150 valence electrons. The minimum Gasteiger partial charge on any atom is -0.370 e. The summed E-state index contributed by atoms with van der Waals surface area (Å²) < 4.78 is 8.31. The summed E-state index contributed by atoms with van der Waals surface area (Å²) in [5, 5.41) is 7.33. The molecule has 4 atom stereocenters. The van der Waals surface area contributed by atoms with E-state index in [1.165, 1.54) is 12.8 Å². The molecular weight excluding hydrogens is 340 g/mol. The van der Waals surface area contributed by atoms with Crippen molar-refractivity contribution in [3.05, 3.63) is 18.5 Å². The van der Waals surface area contributed by atoms with Crippen molar-refractivity contribution in [1.82, 2.24) is 20.0 Å². The van der Waals surface area contributed by atoms with E-state index >= 15 is 0 Å². The second-order valence-electron chi connectivity index (χ2n) is 9.90. The number of aryl methyl sites for hydroxylation is 1. The summed E-state index contributed by atoms with van der Waals surface area (Å²) in [6, 6.07) is 1.88. The van der Waals surface area contributed by atoms with E-state index in [0.717, 1.165) is 32.6 Å². The first kappa shape index (κ1) is 18.9. The van der Waals surface area contributed by atoms with Crippen LogP contribution in [0.3, 0.4) is 0 Å². The zero-order valence-corrected chi connectivity index (χ0v) is 17.0. The molecule has 4 rings (SSSR count). The Kier molecular flexibility index (Phi) is 5.06. The van der Waals surface area contributed by atoms with Crippen molar-refractivity contribution in [2.75, 3.05) is 26.2 Å². The van der Waals surface area contributed by atoms with Gasteiger partial charge in [-0.2, -0.15) is 5.10 Å². The summed E-state index contributed by atoms with van der Waals surface area (Å²) in [6.45, 7) is 11.7. The van der Waals surface area contributed by atoms with Gasteiger partial charge in [0.15, 0.2) is 0 Å². The van der Waals surface area contributed by atoms with E-state index in [9.17, 15) is 4.79 Å². The smallest absolute Gasteiger partial charge is 0.221 e. The number of hydrogen-bond donors (Lipinski definition) is 1. The van der Waals surface area contributed by atoms with E-state index in [-0.39, 0.29) is 11.5 Å². The third kappa shape index (κ3) is 4.06. The molecule has 2 bridgehead atoms. The Morgan fingerprint density at radius 1 is 1.37 bits per heavy atom. The lowest BCUT2D eigenvalue weighted by Crippen LogP contribution is -2.42. The average molecular weight is 375 g/mol. The van der Waals surface area contributed by atoms with Gasteiger partial charge in [0.25, 0.3) is 0 Å². The Hall–Kier alpha value is -1.40. The lowest BCUT2D eigenvalue weighted by molar-refractivity contribution is -0.121. The van der Waals surface area contributed by atoms with Crippen molar-refractivity contribution in [3.8, 4) is 0 Å². The molecule has 0 unspecified atom stereocenters. The van der Waals surface area contributed by atoms with Gasteiger partial charge in [-0.1, -0.05) is 20.8 Å². The average Bonchev–Trinajstić information content (AvgIpc) is 3.35. The topological polar surface area (TPSA) is 59.4 Å². The van der Waals surface area contributed by atoms with Gasteiger partial charge in [0.2, 0.25) is 5.91 Å². The van der Waals surface area contributed by atoms with Gasteiger partial charge >= 0.3 is 0 Å². The van der Waals surface area contributed by atoms with Gasteiger partial charge in [-0.15, -0.1) is 0 Å². The maximum absolute atomic E-state index is 12.3. The number of rotatable bonds is 7. The normalized spacial score (nSPS) is 32.8. The molecule has 4 heterocycles. The first-order valence-corrected chi connectivity index (χ1v) is 10.5. The second kappa shape index (κ2) is 7.21. The van der Waals surface area contributed by atoms with Crippen LogP contribution in [-0.2, 0) is 16.1 Å². The molecule has 3 saturated heterocycles. The monoisotopic (exact) mass is 374 g/mol. The van der Waals surface area contributed by atoms with Gasteiger partial charge in [-0.25, -0.2) is 0 Å². The van der Waals surface area contributed by atoms with E-state index in [0.29, 0.717) is 36.3 Å². The molecule has 6 nitrogen and oxygen atoms in total. The number of carbonyl (C=O) groups excluding carboxylic acids is 1. The number of likely N-dealkylation sites (tertiary alicyclic amines) is 1. The molecule has 6 heteroatoms. The van der Waals surface area contributed by atoms with E-state index in [1.54, 1.807) is 10.9 Å². The van der Waals surface area contributed by atoms with Crippen LogP contribution in [0.1, 0.15) is 46.5 Å². The Labute approximate surface area is 162 Å². The van der Waals surface area contributed by atoms with Gasteiger partial charge in [-0.05, 0) is 37.3 Å². The van der Waals surface area contributed by atoms with Gasteiger partial charge < -0.3 is 15.0 Å². The largest absolute Gasteiger partial charge is 0.370 e. The number of nitrogens with one attached hydrogen (secondary N) is 1. The summed E-state index contributed by atoms with van der Waals surface area (Å²) in [5.41, 5.74) is 0.434. The minimum atomic E-state index is 0.0625. The van der Waals surface area contributed by atoms with E-state index in [2.05, 4.69) is 36.1 Å². The quantitative estimate of drug-likeness (QED) is 0.796. The summed E-state index contributed by atoms with van der Waals surface area (Å²) in [4.78, 5) is 14.9. The number of ether oxygens (including phenoxy) is 1. The Bertz CT molecular complexity index is 654. The fourth-order valence-electron chi connectivity index (χ4n) is 5.19. The van der Waals surface area contributed by atoms with Crippen molar-refractivity contribution < 1.29 is 9.53 Å². The maximum Gasteiger partial charge on any atom is 0.221 e. The standard InChI is InChI=1S/C21H34N4O2/c1-20(2,3)8-12-24-14-17-16(18-5-7-21(17,15-24)27-18)13-22-19(26)6-11-25-10-4-9-23-25/h4,9-10,16-18H,5-8,11-15H2,1-3H3,(H,22,26)/t16-,17+,18+,21+/m0/s1. The number of amides is 1. The highest BCUT2D eigenvalue weighted by atomic mass is 16.5. The van der Waals surface area contributed by atoms with Crippen molar-refractivity contribution in [2.45, 2.75) is 64.7 Å². The predicted octanol–water partition coefficient (Wildman–Crippen LogP) is 2.30. The molecule has 1 aromatic rings. The molecule has 0 aliphatic carbocycles. The van der Waals surface area contributed by atoms with Crippen molar-refractivity contribution in [2.24, 2.45) is 17.3 Å². The third-order valence-corrected chi connectivity index (χ3v) is 6.69. The van der Waals surface area contributed by atoms with Crippen LogP contribution in [0, 0.1) is 17.3 Å². The SMILES string of the molecule is CC(C)(C)CCN1C[C@@H]2[C@H](CNC(=O)CCn3cccn3)[C@H]3CC[C@]2(C1)O3. The van der Waals surface area contributed by atoms with Crippen LogP contribution in [0.15, 0.2) is 18.5 Å². The molecular formula is C21H34N4O2. The highest BCUT2D eigenvalue weighted by Crippen LogP contribution is 2.54. The molecule has 1 spiro atoms. The Morgan fingerprint density at radius 3 is 2.96 bits per heavy atom. The van der Waals surface area contributed by atoms with Gasteiger partial charge in [0, 0.05) is 56.8 Å². The highest BCUT2D eigenvalue weighted by molar-refractivity contribution is 5.75. The summed E-state index contributed by atoms with van der Waals surface area (Å²) >= 11 is 0. The molecule has 0 saturated carbocycles. The molecule has 0 aromatic carbocycles. The number of hydrogen-bond acceptors (Lipinski definition) is 4. The van der Waals surface area contributed by atoms with Gasteiger partial charge in [0.05, 0.1) is 11.7 Å². The Morgan fingerprint density at radius 2 is 2.22 bits per heavy atom. The zero-order valence-electron chi connectivity index (χ0n) is 17.0. The molecule has 27 heavy (non-hydrogen) atoms. The Balaban J connectivity index is 1.28. The minimum absolute atomic E-state index is 0.0625. The predicted molar refractivity (Wildman–Crippen MR) is 104 cm³/mol. The van der Waals surface area contributed by atoms with Crippen LogP contribution in [0.4, 0.5) is 0 Å². The second-order valence-corrected chi connectivity index (χ2v) is 9.90. The molecule has 3 aliphatic heterocycles. The summed E-state index contributed by atoms with van der Waals surface area (Å²) in [5.74, 6) is 1.15. The summed E-state index contributed by atoms with van der Waals surface area (Å²) in [7, 11) is 0. The molecule has 1 N–H and O–H groups in total. The van der Waals surface area contributed by atoms with Crippen molar-refractivity contribution >= 4 is 5.91 Å². The molecule has 1 aromatic heterocycles. The third-order valence-electron chi connectivity index (χ3n) is 6.69. The summed E-state index contributed by atoms with van der Waals surface area (Å²) in [6.07, 6.45) is 8.02. The van der Waals surface area contributed by atoms with Gasteiger partial charge in [-0.3, -0.25) is 9.48 Å². The van der Waals surface area contributed by atoms with Crippen LogP contribution in [0.2, 0.25) is 0 Å². The first-order chi connectivity index (χ1) is 12.8. The molecule has 3 aliphatic rings. The molecule has 3 fully saturated rings. The number of nitrogens with zero attached hydrogens (tertiary/aromatic N) is 3. The molecule has 0 radical (unpaired) electrons. The lowest BCUT2D eigenvalue weighted by Gasteiger charge is -2.29. The van der Waals surface area contributed by atoms with Crippen LogP contribution in [0.5, 0.6) is 0 Å². The number of carbonyl (C=O) groups is 1. The highest BCUT2D eigenvalue weighted by Gasteiger charge is 2.62. The zero-order chi connectivity index (χ0) is 19.1. The van der Waals surface area contributed by atoms with Crippen molar-refractivity contribution in [3.63, 3.8) is 0 Å². The van der Waals surface area contributed by atoms with Crippen LogP contribution < -0.4 is 5.32 Å². The van der Waals surface area contributed by atoms with Crippen LogP contribution in [0.25, 0.3) is 0 Å². The number of aromatic nitrogens is 2.